The van der Waals surface area contributed by atoms with Crippen molar-refractivity contribution in [3.05, 3.63) is 23.3 Å². The first-order valence-corrected chi connectivity index (χ1v) is 7.86. The Bertz CT molecular complexity index is 591. The molecule has 0 aliphatic carbocycles. The summed E-state index contributed by atoms with van der Waals surface area (Å²) in [6.07, 6.45) is 1.65. The van der Waals surface area contributed by atoms with Crippen molar-refractivity contribution in [2.75, 3.05) is 26.2 Å². The molecule has 0 radical (unpaired) electrons. The highest BCUT2D eigenvalue weighted by atomic mass is 16.5. The number of carbonyl (C=O) groups is 1. The van der Waals surface area contributed by atoms with Crippen molar-refractivity contribution in [3.8, 4) is 11.5 Å². The first-order valence-electron chi connectivity index (χ1n) is 7.86. The van der Waals surface area contributed by atoms with Crippen LogP contribution in [0, 0.1) is 0 Å². The summed E-state index contributed by atoms with van der Waals surface area (Å²) in [5, 5.41) is 18.5. The molecule has 2 aliphatic rings. The van der Waals surface area contributed by atoms with Gasteiger partial charge >= 0.3 is 13.5 Å². The zero-order valence-electron chi connectivity index (χ0n) is 12.9. The van der Waals surface area contributed by atoms with Gasteiger partial charge in [-0.15, -0.1) is 0 Å². The van der Waals surface area contributed by atoms with Crippen LogP contribution in [0.3, 0.4) is 0 Å². The van der Waals surface area contributed by atoms with Crippen LogP contribution in [0.2, 0.25) is 6.32 Å². The van der Waals surface area contributed by atoms with E-state index in [0.29, 0.717) is 38.6 Å². The van der Waals surface area contributed by atoms with Crippen molar-refractivity contribution >= 4 is 13.5 Å². The maximum Gasteiger partial charge on any atom is 0.343 e. The lowest BCUT2D eigenvalue weighted by Crippen LogP contribution is -2.57. The van der Waals surface area contributed by atoms with E-state index < -0.39 is 5.97 Å². The van der Waals surface area contributed by atoms with Gasteiger partial charge in [-0.05, 0) is 24.4 Å². The Labute approximate surface area is 135 Å². The molecule has 1 saturated heterocycles. The molecule has 2 aliphatic heterocycles. The minimum Gasteiger partial charge on any atom is -0.563 e. The number of likely N-dealkylation sites (tertiary alicyclic amines) is 1. The fraction of sp³-hybridized carbons (Fsp3) is 0.533. The van der Waals surface area contributed by atoms with Crippen LogP contribution >= 0.6 is 0 Å². The Hall–Kier alpha value is -1.77. The molecule has 124 valence electrons. The number of aliphatic hydroxyl groups excluding tert-OH is 1. The number of hydrogen-bond donors (Lipinski definition) is 3. The van der Waals surface area contributed by atoms with Crippen molar-refractivity contribution in [1.82, 2.24) is 4.90 Å². The monoisotopic (exact) mass is 320 g/mol. The van der Waals surface area contributed by atoms with Crippen molar-refractivity contribution < 1.29 is 24.4 Å². The number of fused-ring (bicyclic) bond motifs is 1. The lowest BCUT2D eigenvalue weighted by Gasteiger charge is -2.40. The molecule has 1 unspecified atom stereocenters. The molecular weight excluding hydrogens is 299 g/mol. The van der Waals surface area contributed by atoms with Gasteiger partial charge in [-0.2, -0.15) is 0 Å². The second-order valence-electron chi connectivity index (χ2n) is 6.09. The maximum atomic E-state index is 11.6. The lowest BCUT2D eigenvalue weighted by molar-refractivity contribution is 0.0119. The van der Waals surface area contributed by atoms with E-state index in [0.717, 1.165) is 18.3 Å². The number of aryl methyl sites for hydroxylation is 1. The van der Waals surface area contributed by atoms with Gasteiger partial charge < -0.3 is 25.3 Å². The molecule has 0 bridgehead atoms. The van der Waals surface area contributed by atoms with Crippen LogP contribution in [0.5, 0.6) is 11.5 Å². The number of aromatic carboxylic acids is 1. The maximum absolute atomic E-state index is 11.6. The van der Waals surface area contributed by atoms with Gasteiger partial charge in [0.2, 0.25) is 0 Å². The summed E-state index contributed by atoms with van der Waals surface area (Å²) in [5.41, 5.74) is 6.73. The number of benzene rings is 1. The molecule has 7 nitrogen and oxygen atoms in total. The minimum absolute atomic E-state index is 0.0483. The Morgan fingerprint density at radius 2 is 2.30 bits per heavy atom. The third-order valence-corrected chi connectivity index (χ3v) is 4.20. The molecule has 0 saturated carbocycles. The highest BCUT2D eigenvalue weighted by Crippen LogP contribution is 2.36. The van der Waals surface area contributed by atoms with Gasteiger partial charge in [-0.3, -0.25) is 4.90 Å². The molecule has 8 heteroatoms. The largest absolute Gasteiger partial charge is 0.563 e. The van der Waals surface area contributed by atoms with Crippen molar-refractivity contribution in [2.45, 2.75) is 24.9 Å². The van der Waals surface area contributed by atoms with Gasteiger partial charge in [0.25, 0.3) is 0 Å². The molecule has 23 heavy (non-hydrogen) atoms. The van der Waals surface area contributed by atoms with Gasteiger partial charge in [0, 0.05) is 25.7 Å². The molecule has 1 fully saturated rings. The van der Waals surface area contributed by atoms with Crippen molar-refractivity contribution in [3.63, 3.8) is 0 Å². The molecule has 1 atom stereocenters. The lowest BCUT2D eigenvalue weighted by atomic mass is 9.85. The molecule has 1 aromatic rings. The average molecular weight is 320 g/mol. The number of carboxylic acids is 1. The highest BCUT2D eigenvalue weighted by Gasteiger charge is 2.32. The Morgan fingerprint density at radius 3 is 3.00 bits per heavy atom. The van der Waals surface area contributed by atoms with Crippen LogP contribution in [-0.4, -0.2) is 67.0 Å². The zero-order valence-corrected chi connectivity index (χ0v) is 12.9. The van der Waals surface area contributed by atoms with Crippen LogP contribution < -0.4 is 15.1 Å². The van der Waals surface area contributed by atoms with Crippen molar-refractivity contribution in [2.24, 2.45) is 5.73 Å². The SMILES string of the molecule is NC(CO)CN1CC(Oc2ccc3c(c2C(=O)O)OBCC3)C1. The van der Waals surface area contributed by atoms with Gasteiger partial charge in [-0.1, -0.05) is 6.07 Å². The third-order valence-electron chi connectivity index (χ3n) is 4.20. The molecular formula is C15H21BN2O5. The number of aliphatic hydroxyl groups is 1. The number of ether oxygens (including phenoxy) is 1. The zero-order chi connectivity index (χ0) is 16.4. The molecule has 3 rings (SSSR count). The van der Waals surface area contributed by atoms with Gasteiger partial charge in [-0.25, -0.2) is 4.79 Å². The topological polar surface area (TPSA) is 105 Å². The average Bonchev–Trinajstić information content (AvgIpc) is 2.51. The van der Waals surface area contributed by atoms with Crippen molar-refractivity contribution in [1.29, 1.82) is 0 Å². The van der Waals surface area contributed by atoms with E-state index in [2.05, 4.69) is 4.90 Å². The standard InChI is InChI=1S/C15H21BN2O5/c17-10(8-19)5-18-6-11(7-18)22-12-2-1-9-3-4-16-23-14(9)13(12)15(20)21/h1-2,10-11,16,19H,3-8,17H2,(H,20,21). The van der Waals surface area contributed by atoms with Gasteiger partial charge in [0.15, 0.2) is 0 Å². The smallest absolute Gasteiger partial charge is 0.343 e. The summed E-state index contributed by atoms with van der Waals surface area (Å²) in [6, 6.07) is 3.34. The number of hydrogen-bond acceptors (Lipinski definition) is 6. The molecule has 0 aromatic heterocycles. The van der Waals surface area contributed by atoms with Crippen LogP contribution in [0.1, 0.15) is 15.9 Å². The normalized spacial score (nSPS) is 19.0. The fourth-order valence-corrected chi connectivity index (χ4v) is 3.02. The van der Waals surface area contributed by atoms with E-state index in [4.69, 9.17) is 20.2 Å². The predicted octanol–water partition coefficient (Wildman–Crippen LogP) is -0.528. The molecule has 0 amide bonds. The highest BCUT2D eigenvalue weighted by molar-refractivity contribution is 6.29. The second kappa shape index (κ2) is 6.78. The summed E-state index contributed by atoms with van der Waals surface area (Å²) >= 11 is 0. The molecule has 4 N–H and O–H groups in total. The Balaban J connectivity index is 1.68. The van der Waals surface area contributed by atoms with E-state index in [1.165, 1.54) is 0 Å². The van der Waals surface area contributed by atoms with Gasteiger partial charge in [0.05, 0.1) is 6.61 Å². The molecule has 0 spiro atoms. The van der Waals surface area contributed by atoms with Gasteiger partial charge in [0.1, 0.15) is 23.2 Å². The molecule has 2 heterocycles. The first-order chi connectivity index (χ1) is 11.1. The summed E-state index contributed by atoms with van der Waals surface area (Å²) < 4.78 is 11.4. The Morgan fingerprint density at radius 1 is 1.52 bits per heavy atom. The summed E-state index contributed by atoms with van der Waals surface area (Å²) in [6.45, 7) is 1.90. The predicted molar refractivity (Wildman–Crippen MR) is 85.6 cm³/mol. The molecule has 1 aromatic carbocycles. The second-order valence-corrected chi connectivity index (χ2v) is 6.09. The van der Waals surface area contributed by atoms with E-state index in [1.54, 1.807) is 6.07 Å². The van der Waals surface area contributed by atoms with E-state index in [1.807, 2.05) is 6.07 Å². The summed E-state index contributed by atoms with van der Waals surface area (Å²) in [4.78, 5) is 13.7. The number of carboxylic acid groups (broad SMARTS) is 1. The quantitative estimate of drug-likeness (QED) is 0.605. The van der Waals surface area contributed by atoms with E-state index in [9.17, 15) is 9.90 Å². The fourth-order valence-electron chi connectivity index (χ4n) is 3.02. The summed E-state index contributed by atoms with van der Waals surface area (Å²) in [7, 11) is 0.535. The Kier molecular flexibility index (Phi) is 4.75. The first kappa shape index (κ1) is 16.1. The third kappa shape index (κ3) is 3.44. The van der Waals surface area contributed by atoms with Crippen LogP contribution in [0.25, 0.3) is 0 Å². The van der Waals surface area contributed by atoms with E-state index in [-0.39, 0.29) is 24.3 Å². The summed E-state index contributed by atoms with van der Waals surface area (Å²) in [5.74, 6) is -0.230. The number of nitrogens with two attached hydrogens (primary N) is 1. The van der Waals surface area contributed by atoms with Crippen LogP contribution in [0.4, 0.5) is 0 Å². The number of rotatable bonds is 6. The minimum atomic E-state index is -1.03. The van der Waals surface area contributed by atoms with E-state index >= 15 is 0 Å². The number of nitrogens with zero attached hydrogens (tertiary/aromatic N) is 1. The van der Waals surface area contributed by atoms with Crippen LogP contribution in [-0.2, 0) is 6.42 Å². The van der Waals surface area contributed by atoms with Crippen LogP contribution in [0.15, 0.2) is 12.1 Å².